The van der Waals surface area contributed by atoms with Crippen molar-refractivity contribution in [1.82, 2.24) is 10.6 Å². The number of aliphatic imine (C=N–C) groups is 1. The SMILES string of the molecule is C=C(Cl)N=C/C=C(\F)[C@H]1[C@H](C(=O)NC2CCC(O)(COC)CC2)NC2(CCC(C)(C)CC2)[C@@]12C(=O)Nc1cc(Cl)ccc12. The van der Waals surface area contributed by atoms with Crippen molar-refractivity contribution in [3.63, 3.8) is 0 Å². The van der Waals surface area contributed by atoms with Gasteiger partial charge in [0.25, 0.3) is 0 Å². The first kappa shape index (κ1) is 32.1. The molecule has 234 valence electrons. The summed E-state index contributed by atoms with van der Waals surface area (Å²) >= 11 is 12.1. The first-order valence-electron chi connectivity index (χ1n) is 14.9. The Morgan fingerprint density at radius 3 is 2.53 bits per heavy atom. The van der Waals surface area contributed by atoms with E-state index < -0.39 is 34.3 Å². The molecule has 11 heteroatoms. The van der Waals surface area contributed by atoms with Crippen molar-refractivity contribution in [1.29, 1.82) is 0 Å². The Hall–Kier alpha value is -2.30. The van der Waals surface area contributed by atoms with Crippen LogP contribution in [0.15, 0.2) is 46.8 Å². The van der Waals surface area contributed by atoms with Gasteiger partial charge in [-0.1, -0.05) is 49.7 Å². The van der Waals surface area contributed by atoms with Gasteiger partial charge in [0, 0.05) is 35.6 Å². The van der Waals surface area contributed by atoms with Gasteiger partial charge in [-0.05, 0) is 80.6 Å². The zero-order valence-electron chi connectivity index (χ0n) is 24.9. The second kappa shape index (κ2) is 11.9. The van der Waals surface area contributed by atoms with Crippen LogP contribution in [0.2, 0.25) is 5.02 Å². The summed E-state index contributed by atoms with van der Waals surface area (Å²) in [5.41, 5.74) is -2.08. The van der Waals surface area contributed by atoms with E-state index >= 15 is 4.39 Å². The van der Waals surface area contributed by atoms with Crippen LogP contribution in [0.25, 0.3) is 0 Å². The Bertz CT molecular complexity index is 1350. The highest BCUT2D eigenvalue weighted by atomic mass is 35.5. The molecule has 2 spiro atoms. The van der Waals surface area contributed by atoms with E-state index in [1.807, 2.05) is 0 Å². The maximum Gasteiger partial charge on any atom is 0.238 e. The highest BCUT2D eigenvalue weighted by Gasteiger charge is 2.73. The summed E-state index contributed by atoms with van der Waals surface area (Å²) in [6, 6.07) is 3.90. The van der Waals surface area contributed by atoms with Gasteiger partial charge >= 0.3 is 0 Å². The molecule has 2 heterocycles. The molecular formula is C32H41Cl2FN4O4. The molecule has 3 fully saturated rings. The first-order chi connectivity index (χ1) is 20.3. The van der Waals surface area contributed by atoms with Crippen LogP contribution in [0.4, 0.5) is 10.1 Å². The predicted molar refractivity (Wildman–Crippen MR) is 167 cm³/mol. The quantitative estimate of drug-likeness (QED) is 0.233. The molecule has 1 saturated heterocycles. The largest absolute Gasteiger partial charge is 0.387 e. The average Bonchev–Trinajstić information content (AvgIpc) is 3.39. The zero-order chi connectivity index (χ0) is 31.2. The molecule has 1 aromatic rings. The number of ether oxygens (including phenoxy) is 1. The van der Waals surface area contributed by atoms with Gasteiger partial charge in [0.05, 0.1) is 24.2 Å². The molecule has 0 radical (unpaired) electrons. The molecule has 2 aliphatic carbocycles. The molecule has 0 aromatic heterocycles. The predicted octanol–water partition coefficient (Wildman–Crippen LogP) is 5.53. The van der Waals surface area contributed by atoms with Crippen molar-refractivity contribution < 1.29 is 23.8 Å². The molecule has 5 rings (SSSR count). The van der Waals surface area contributed by atoms with Crippen molar-refractivity contribution in [2.24, 2.45) is 16.3 Å². The number of nitrogens with one attached hydrogen (secondary N) is 3. The number of rotatable bonds is 7. The Labute approximate surface area is 262 Å². The second-order valence-corrected chi connectivity index (χ2v) is 14.3. The van der Waals surface area contributed by atoms with E-state index in [-0.39, 0.29) is 35.0 Å². The van der Waals surface area contributed by atoms with E-state index in [9.17, 15) is 14.7 Å². The summed E-state index contributed by atoms with van der Waals surface area (Å²) < 4.78 is 21.9. The van der Waals surface area contributed by atoms with Gasteiger partial charge < -0.3 is 20.5 Å². The summed E-state index contributed by atoms with van der Waals surface area (Å²) in [6.45, 7) is 8.13. The minimum atomic E-state index is -1.43. The number of amides is 2. The fourth-order valence-corrected chi connectivity index (χ4v) is 8.13. The molecule has 43 heavy (non-hydrogen) atoms. The van der Waals surface area contributed by atoms with Crippen molar-refractivity contribution in [2.75, 3.05) is 19.0 Å². The molecule has 4 N–H and O–H groups in total. The van der Waals surface area contributed by atoms with Gasteiger partial charge in [0.15, 0.2) is 0 Å². The number of fused-ring (bicyclic) bond motifs is 3. The summed E-state index contributed by atoms with van der Waals surface area (Å²) in [5.74, 6) is -2.58. The van der Waals surface area contributed by atoms with Crippen molar-refractivity contribution in [2.45, 2.75) is 93.9 Å². The molecular weight excluding hydrogens is 594 g/mol. The van der Waals surface area contributed by atoms with Crippen LogP contribution in [0.3, 0.4) is 0 Å². The van der Waals surface area contributed by atoms with E-state index in [0.717, 1.165) is 12.8 Å². The summed E-state index contributed by atoms with van der Waals surface area (Å²) in [7, 11) is 1.55. The molecule has 2 saturated carbocycles. The monoisotopic (exact) mass is 634 g/mol. The van der Waals surface area contributed by atoms with Gasteiger partial charge in [0.1, 0.15) is 16.4 Å². The number of benzene rings is 1. The van der Waals surface area contributed by atoms with Crippen molar-refractivity contribution >= 4 is 46.9 Å². The third-order valence-corrected chi connectivity index (χ3v) is 10.5. The maximum absolute atomic E-state index is 16.7. The lowest BCUT2D eigenvalue weighted by molar-refractivity contribution is -0.126. The smallest absolute Gasteiger partial charge is 0.238 e. The van der Waals surface area contributed by atoms with E-state index in [1.165, 1.54) is 12.3 Å². The fraction of sp³-hybridized carbons (Fsp3) is 0.594. The lowest BCUT2D eigenvalue weighted by Gasteiger charge is -2.50. The van der Waals surface area contributed by atoms with Gasteiger partial charge in [-0.25, -0.2) is 9.38 Å². The molecule has 2 aliphatic heterocycles. The minimum absolute atomic E-state index is 0.0205. The molecule has 1 aromatic carbocycles. The topological polar surface area (TPSA) is 112 Å². The van der Waals surface area contributed by atoms with E-state index in [1.54, 1.807) is 25.3 Å². The summed E-state index contributed by atoms with van der Waals surface area (Å²) in [4.78, 5) is 32.4. The van der Waals surface area contributed by atoms with Crippen LogP contribution in [-0.4, -0.2) is 60.1 Å². The fourth-order valence-electron chi connectivity index (χ4n) is 7.91. The van der Waals surface area contributed by atoms with Crippen LogP contribution in [0, 0.1) is 11.3 Å². The van der Waals surface area contributed by atoms with E-state index in [4.69, 9.17) is 27.9 Å². The Kier molecular flexibility index (Phi) is 8.88. The number of allylic oxidation sites excluding steroid dienone is 1. The minimum Gasteiger partial charge on any atom is -0.387 e. The van der Waals surface area contributed by atoms with Gasteiger partial charge in [-0.2, -0.15) is 0 Å². The lowest BCUT2D eigenvalue weighted by Crippen LogP contribution is -2.61. The first-order valence-corrected chi connectivity index (χ1v) is 15.7. The number of hydrogen-bond donors (Lipinski definition) is 4. The molecule has 4 aliphatic rings. The highest BCUT2D eigenvalue weighted by Crippen LogP contribution is 2.62. The van der Waals surface area contributed by atoms with Crippen LogP contribution in [0.1, 0.15) is 70.8 Å². The number of methoxy groups -OCH3 is 1. The Morgan fingerprint density at radius 2 is 1.91 bits per heavy atom. The molecule has 3 atom stereocenters. The van der Waals surface area contributed by atoms with Crippen LogP contribution in [-0.2, 0) is 19.7 Å². The Balaban J connectivity index is 1.59. The number of hydrogen-bond acceptors (Lipinski definition) is 6. The number of halogens is 3. The number of carbonyl (C=O) groups is 2. The van der Waals surface area contributed by atoms with Gasteiger partial charge in [-0.15, -0.1) is 0 Å². The number of aliphatic hydroxyl groups is 1. The third-order valence-electron chi connectivity index (χ3n) is 10.2. The lowest BCUT2D eigenvalue weighted by atomic mass is 9.54. The molecule has 0 unspecified atom stereocenters. The van der Waals surface area contributed by atoms with Crippen molar-refractivity contribution in [3.8, 4) is 0 Å². The summed E-state index contributed by atoms with van der Waals surface area (Å²) in [6.07, 6.45) is 7.15. The average molecular weight is 636 g/mol. The third kappa shape index (κ3) is 5.79. The highest BCUT2D eigenvalue weighted by molar-refractivity contribution is 6.31. The van der Waals surface area contributed by atoms with Gasteiger partial charge in [-0.3, -0.25) is 14.9 Å². The Morgan fingerprint density at radius 1 is 1.23 bits per heavy atom. The van der Waals surface area contributed by atoms with E-state index in [2.05, 4.69) is 41.4 Å². The van der Waals surface area contributed by atoms with Crippen LogP contribution in [0.5, 0.6) is 0 Å². The number of carbonyl (C=O) groups excluding carboxylic acids is 2. The summed E-state index contributed by atoms with van der Waals surface area (Å²) in [5, 5.41) is 20.9. The number of nitrogens with zero attached hydrogens (tertiary/aromatic N) is 1. The standard InChI is InChI=1S/C32H41Cl2FN4O4/c1-19(33)36-16-9-23(35)25-26(27(40)37-21-7-10-30(42,11-8-21)18-43-4)39-31(14-12-29(2,3)13-15-31)32(25)22-6-5-20(34)17-24(22)38-28(32)41/h5-6,9,16-17,21,25-26,39,42H,1,7-8,10-15,18H2,2-4H3,(H,37,40)(H,38,41)/b23-9-,36-16?/t21?,25-,26+,30?,32+/m0/s1. The zero-order valence-corrected chi connectivity index (χ0v) is 26.5. The molecule has 0 bridgehead atoms. The van der Waals surface area contributed by atoms with Gasteiger partial charge in [0.2, 0.25) is 11.8 Å². The van der Waals surface area contributed by atoms with E-state index in [0.29, 0.717) is 54.8 Å². The normalized spacial score (nSPS) is 33.1. The maximum atomic E-state index is 16.7. The molecule has 2 amide bonds. The van der Waals surface area contributed by atoms with Crippen molar-refractivity contribution in [3.05, 3.63) is 52.4 Å². The van der Waals surface area contributed by atoms with Crippen LogP contribution < -0.4 is 16.0 Å². The van der Waals surface area contributed by atoms with Crippen LogP contribution >= 0.6 is 23.2 Å². The number of anilines is 1. The molecule has 8 nitrogen and oxygen atoms in total. The second-order valence-electron chi connectivity index (χ2n) is 13.4.